The Hall–Kier alpha value is -3.16. The first-order valence-corrected chi connectivity index (χ1v) is 11.8. The lowest BCUT2D eigenvalue weighted by Crippen LogP contribution is -2.47. The number of carbonyl (C=O) groups excluding carboxylic acids is 1. The summed E-state index contributed by atoms with van der Waals surface area (Å²) >= 11 is 0. The number of allylic oxidation sites excluding steroid dienone is 2. The molecule has 5 atom stereocenters. The van der Waals surface area contributed by atoms with Crippen LogP contribution in [0.4, 0.5) is 8.78 Å². The molecule has 0 aliphatic heterocycles. The number of hydrogen-bond acceptors (Lipinski definition) is 5. The molecule has 0 spiro atoms. The smallest absolute Gasteiger partial charge is 0.309 e. The molecule has 178 valence electrons. The van der Waals surface area contributed by atoms with Gasteiger partial charge in [-0.3, -0.25) is 4.79 Å². The van der Waals surface area contributed by atoms with E-state index in [-0.39, 0.29) is 29.0 Å². The van der Waals surface area contributed by atoms with Crippen molar-refractivity contribution in [2.24, 2.45) is 29.6 Å². The molecule has 3 fully saturated rings. The fourth-order valence-electron chi connectivity index (χ4n) is 6.42. The number of oxazole rings is 1. The van der Waals surface area contributed by atoms with Crippen LogP contribution in [0, 0.1) is 59.0 Å². The van der Waals surface area contributed by atoms with Crippen LogP contribution < -0.4 is 0 Å². The Morgan fingerprint density at radius 3 is 2.53 bits per heavy atom. The molecule has 0 bridgehead atoms. The number of fused-ring (bicyclic) bond motifs is 4. The third-order valence-electron chi connectivity index (χ3n) is 7.92. The maximum atomic E-state index is 14.1. The van der Waals surface area contributed by atoms with Crippen LogP contribution >= 0.6 is 0 Å². The Kier molecular flexibility index (Phi) is 5.70. The van der Waals surface area contributed by atoms with Crippen LogP contribution in [-0.2, 0) is 0 Å². The van der Waals surface area contributed by atoms with Crippen molar-refractivity contribution in [3.63, 3.8) is 0 Å². The second kappa shape index (κ2) is 8.56. The summed E-state index contributed by atoms with van der Waals surface area (Å²) in [5, 5.41) is 16.9. The summed E-state index contributed by atoms with van der Waals surface area (Å²) in [6.07, 6.45) is 5.39. The van der Waals surface area contributed by atoms with Crippen molar-refractivity contribution in [3.8, 4) is 0 Å². The van der Waals surface area contributed by atoms with Crippen molar-refractivity contribution in [1.82, 2.24) is 9.88 Å². The highest BCUT2D eigenvalue weighted by atomic mass is 19.1. The van der Waals surface area contributed by atoms with Gasteiger partial charge in [0.05, 0.1) is 17.0 Å². The van der Waals surface area contributed by atoms with Crippen molar-refractivity contribution in [3.05, 3.63) is 64.9 Å². The Morgan fingerprint density at radius 1 is 1.21 bits per heavy atom. The summed E-state index contributed by atoms with van der Waals surface area (Å²) in [4.78, 5) is 18.8. The van der Waals surface area contributed by atoms with Crippen LogP contribution in [0.5, 0.6) is 0 Å². The Balaban J connectivity index is 1.30. The van der Waals surface area contributed by atoms with Crippen LogP contribution in [0.1, 0.15) is 48.1 Å². The molecule has 2 N–H and O–H groups in total. The lowest BCUT2D eigenvalue weighted by atomic mass is 9.57. The van der Waals surface area contributed by atoms with Crippen molar-refractivity contribution in [2.75, 3.05) is 13.1 Å². The van der Waals surface area contributed by atoms with Gasteiger partial charge in [0, 0.05) is 24.7 Å². The van der Waals surface area contributed by atoms with Gasteiger partial charge in [-0.15, -0.1) is 0 Å². The fraction of sp³-hybridized carbons (Fsp3) is 0.462. The number of halogens is 2. The number of hydrogen-bond donors (Lipinski definition) is 2. The van der Waals surface area contributed by atoms with Gasteiger partial charge in [-0.25, -0.2) is 13.8 Å². The Labute approximate surface area is 197 Å². The molecule has 5 rings (SSSR count). The van der Waals surface area contributed by atoms with E-state index in [1.807, 2.05) is 6.92 Å². The topological polar surface area (TPSA) is 94.0 Å². The molecule has 1 aromatic carbocycles. The molecule has 3 aliphatic carbocycles. The maximum absolute atomic E-state index is 14.1. The monoisotopic (exact) mass is 466 g/mol. The van der Waals surface area contributed by atoms with Crippen molar-refractivity contribution < 1.29 is 18.0 Å². The molecule has 2 aromatic rings. The Morgan fingerprint density at radius 2 is 1.88 bits per heavy atom. The van der Waals surface area contributed by atoms with Gasteiger partial charge < -0.3 is 20.1 Å². The molecule has 6 nitrogen and oxygen atoms in total. The van der Waals surface area contributed by atoms with E-state index in [9.17, 15) is 13.6 Å². The first-order valence-electron chi connectivity index (χ1n) is 11.8. The summed E-state index contributed by atoms with van der Waals surface area (Å²) in [6.45, 7) is 4.66. The van der Waals surface area contributed by atoms with Gasteiger partial charge in [-0.2, -0.15) is 0 Å². The molecule has 1 heterocycles. The van der Waals surface area contributed by atoms with Gasteiger partial charge in [0.1, 0.15) is 17.9 Å². The van der Waals surface area contributed by atoms with Gasteiger partial charge in [-0.1, -0.05) is 11.6 Å². The largest absolute Gasteiger partial charge is 0.441 e. The normalized spacial score (nSPS) is 28.5. The summed E-state index contributed by atoms with van der Waals surface area (Å²) in [5.74, 6) is -0.111. The van der Waals surface area contributed by atoms with Crippen LogP contribution in [0.15, 0.2) is 40.5 Å². The van der Waals surface area contributed by atoms with E-state index in [1.165, 1.54) is 24.5 Å². The van der Waals surface area contributed by atoms with E-state index < -0.39 is 11.6 Å². The van der Waals surface area contributed by atoms with E-state index in [4.69, 9.17) is 15.2 Å². The predicted molar refractivity (Wildman–Crippen MR) is 123 cm³/mol. The number of aryl methyl sites for hydroxylation is 1. The summed E-state index contributed by atoms with van der Waals surface area (Å²) < 4.78 is 33.5. The first kappa shape index (κ1) is 22.6. The van der Waals surface area contributed by atoms with E-state index in [0.717, 1.165) is 24.8 Å². The number of rotatable bonds is 6. The molecule has 0 radical (unpaired) electrons. The van der Waals surface area contributed by atoms with Gasteiger partial charge >= 0.3 is 5.91 Å². The highest BCUT2D eigenvalue weighted by molar-refractivity contribution is 6.07. The molecule has 5 unspecified atom stereocenters. The Bertz CT molecular complexity index is 1180. The van der Waals surface area contributed by atoms with E-state index >= 15 is 0 Å². The molecule has 3 aliphatic rings. The maximum Gasteiger partial charge on any atom is 0.309 e. The molecule has 8 heteroatoms. The molecular weight excluding hydrogens is 438 g/mol. The van der Waals surface area contributed by atoms with Crippen molar-refractivity contribution in [2.45, 2.75) is 33.1 Å². The van der Waals surface area contributed by atoms with E-state index in [2.05, 4.69) is 4.98 Å². The SMILES string of the molecule is CCN(CC1C(=N)CC2C3C/C(=C\C(=N)c4c(F)cccc4F)CC3C12)C(=O)c1nc(C)co1. The zero-order valence-electron chi connectivity index (χ0n) is 19.3. The molecule has 34 heavy (non-hydrogen) atoms. The number of benzene rings is 1. The highest BCUT2D eigenvalue weighted by Gasteiger charge is 2.60. The number of amides is 1. The zero-order valence-corrected chi connectivity index (χ0v) is 19.3. The highest BCUT2D eigenvalue weighted by Crippen LogP contribution is 2.64. The standard InChI is InChI=1S/C26H28F2N4O2/c1-3-32(26(33)25-31-13(2)12-34-25)11-18-21(29)10-17-15-7-14(8-16(15)23(17)18)9-22(30)24-19(27)5-4-6-20(24)28/h4-6,9,12,15-18,23,29-30H,3,7-8,10-11H2,1-2H3/b14-9+,29-21?,30-22?. The zero-order chi connectivity index (χ0) is 24.1. The van der Waals surface area contributed by atoms with Crippen LogP contribution in [0.2, 0.25) is 0 Å². The lowest BCUT2D eigenvalue weighted by Gasteiger charge is -2.47. The van der Waals surface area contributed by atoms with Gasteiger partial charge in [0.25, 0.3) is 5.89 Å². The number of nitrogens with zero attached hydrogens (tertiary/aromatic N) is 2. The van der Waals surface area contributed by atoms with Crippen LogP contribution in [-0.4, -0.2) is 40.3 Å². The van der Waals surface area contributed by atoms with Crippen molar-refractivity contribution >= 4 is 17.3 Å². The minimum Gasteiger partial charge on any atom is -0.441 e. The second-order valence-electron chi connectivity index (χ2n) is 9.76. The first-order chi connectivity index (χ1) is 16.3. The quantitative estimate of drug-likeness (QED) is 0.585. The fourth-order valence-corrected chi connectivity index (χ4v) is 6.42. The lowest BCUT2D eigenvalue weighted by molar-refractivity contribution is -0.00212. The molecule has 1 amide bonds. The summed E-state index contributed by atoms with van der Waals surface area (Å²) in [7, 11) is 0. The molecule has 1 aromatic heterocycles. The van der Waals surface area contributed by atoms with Gasteiger partial charge in [0.15, 0.2) is 0 Å². The molecule has 3 saturated carbocycles. The predicted octanol–water partition coefficient (Wildman–Crippen LogP) is 5.03. The van der Waals surface area contributed by atoms with Crippen molar-refractivity contribution in [1.29, 1.82) is 10.8 Å². The van der Waals surface area contributed by atoms with E-state index in [0.29, 0.717) is 48.2 Å². The third kappa shape index (κ3) is 3.69. The number of aromatic nitrogens is 1. The van der Waals surface area contributed by atoms with Gasteiger partial charge in [-0.05, 0) is 75.0 Å². The number of carbonyl (C=O) groups is 1. The minimum atomic E-state index is -0.723. The summed E-state index contributed by atoms with van der Waals surface area (Å²) in [5.41, 5.74) is 1.98. The summed E-state index contributed by atoms with van der Waals surface area (Å²) in [6, 6.07) is 3.64. The van der Waals surface area contributed by atoms with Gasteiger partial charge in [0.2, 0.25) is 0 Å². The van der Waals surface area contributed by atoms with E-state index in [1.54, 1.807) is 17.9 Å². The third-order valence-corrected chi connectivity index (χ3v) is 7.92. The minimum absolute atomic E-state index is 0.00553. The average molecular weight is 467 g/mol. The van der Waals surface area contributed by atoms with Crippen LogP contribution in [0.3, 0.4) is 0 Å². The molecular formula is C26H28F2N4O2. The molecule has 0 saturated heterocycles. The second-order valence-corrected chi connectivity index (χ2v) is 9.76. The average Bonchev–Trinajstić information content (AvgIpc) is 3.45. The van der Waals surface area contributed by atoms with Crippen LogP contribution in [0.25, 0.3) is 0 Å². The number of nitrogens with one attached hydrogen (secondary N) is 2.